The Kier molecular flexibility index (Phi) is 7.33. The smallest absolute Gasteiger partial charge is 0.164 e. The monoisotopic (exact) mass is 663 g/mol. The van der Waals surface area contributed by atoms with Crippen molar-refractivity contribution in [3.63, 3.8) is 0 Å². The highest BCUT2D eigenvalue weighted by atomic mass is 32.1. The van der Waals surface area contributed by atoms with Crippen LogP contribution in [0.2, 0.25) is 0 Å². The molecule has 0 radical (unpaired) electrons. The molecule has 1 aliphatic carbocycles. The van der Waals surface area contributed by atoms with Crippen LogP contribution in [0.3, 0.4) is 0 Å². The molecule has 238 valence electrons. The van der Waals surface area contributed by atoms with Crippen LogP contribution >= 0.6 is 11.3 Å². The zero-order valence-corrected chi connectivity index (χ0v) is 27.8. The van der Waals surface area contributed by atoms with Crippen LogP contribution in [-0.4, -0.2) is 24.9 Å². The zero-order valence-electron chi connectivity index (χ0n) is 27.0. The molecule has 0 saturated carbocycles. The number of allylic oxidation sites excluding steroid dienone is 4. The van der Waals surface area contributed by atoms with Crippen LogP contribution in [-0.2, 0) is 0 Å². The lowest BCUT2D eigenvalue weighted by molar-refractivity contribution is 0.599. The molecule has 0 bridgehead atoms. The molecule has 50 heavy (non-hydrogen) atoms. The molecule has 0 N–H and O–H groups in total. The van der Waals surface area contributed by atoms with E-state index in [0.717, 1.165) is 67.4 Å². The van der Waals surface area contributed by atoms with Crippen LogP contribution in [0.15, 0.2) is 139 Å². The van der Waals surface area contributed by atoms with Gasteiger partial charge in [0.05, 0.1) is 21.5 Å². The summed E-state index contributed by atoms with van der Waals surface area (Å²) in [6, 6.07) is 34.3. The molecule has 0 unspecified atom stereocenters. The predicted molar refractivity (Wildman–Crippen MR) is 205 cm³/mol. The second kappa shape index (κ2) is 12.3. The Morgan fingerprint density at radius 1 is 0.700 bits per heavy atom. The molecule has 0 fully saturated rings. The molecule has 8 aromatic rings. The average molecular weight is 664 g/mol. The quantitative estimate of drug-likeness (QED) is 0.169. The summed E-state index contributed by atoms with van der Waals surface area (Å²) in [5.41, 5.74) is 7.65. The summed E-state index contributed by atoms with van der Waals surface area (Å²) < 4.78 is 8.86. The summed E-state index contributed by atoms with van der Waals surface area (Å²) in [4.78, 5) is 24.9. The number of rotatable bonds is 7. The fourth-order valence-corrected chi connectivity index (χ4v) is 7.59. The summed E-state index contributed by atoms with van der Waals surface area (Å²) in [7, 11) is 0. The van der Waals surface area contributed by atoms with Crippen molar-refractivity contribution in [2.75, 3.05) is 0 Å². The van der Waals surface area contributed by atoms with Crippen LogP contribution in [0.1, 0.15) is 35.7 Å². The molecule has 0 amide bonds. The zero-order chi connectivity index (χ0) is 33.6. The molecule has 6 nitrogen and oxygen atoms in total. The maximum absolute atomic E-state index is 6.62. The van der Waals surface area contributed by atoms with Gasteiger partial charge in [-0.15, -0.1) is 11.3 Å². The van der Waals surface area contributed by atoms with E-state index in [2.05, 4.69) is 55.7 Å². The lowest BCUT2D eigenvalue weighted by Crippen LogP contribution is -2.00. The van der Waals surface area contributed by atoms with Gasteiger partial charge in [-0.25, -0.2) is 24.9 Å². The number of hydrogen-bond donors (Lipinski definition) is 0. The number of fused-ring (bicyclic) bond motifs is 4. The van der Waals surface area contributed by atoms with Gasteiger partial charge in [0.15, 0.2) is 23.3 Å². The third kappa shape index (κ3) is 5.16. The summed E-state index contributed by atoms with van der Waals surface area (Å²) in [5.74, 6) is 2.85. The Bertz CT molecular complexity index is 2630. The number of nitrogens with zero attached hydrogens (tertiary/aromatic N) is 5. The topological polar surface area (TPSA) is 77.6 Å². The minimum Gasteiger partial charge on any atom is -0.455 e. The van der Waals surface area contributed by atoms with E-state index in [4.69, 9.17) is 29.3 Å². The lowest BCUT2D eigenvalue weighted by atomic mass is 10.0. The van der Waals surface area contributed by atoms with Crippen molar-refractivity contribution >= 4 is 59.8 Å². The number of furan rings is 1. The van der Waals surface area contributed by atoms with Crippen LogP contribution in [0.4, 0.5) is 0 Å². The van der Waals surface area contributed by atoms with Gasteiger partial charge >= 0.3 is 0 Å². The molecule has 4 aromatic heterocycles. The minimum absolute atomic E-state index is 0.524. The third-order valence-corrected chi connectivity index (χ3v) is 10.1. The van der Waals surface area contributed by atoms with Crippen LogP contribution in [0, 0.1) is 0 Å². The molecular weight excluding hydrogens is 635 g/mol. The van der Waals surface area contributed by atoms with Crippen molar-refractivity contribution in [1.82, 2.24) is 24.9 Å². The van der Waals surface area contributed by atoms with E-state index in [0.29, 0.717) is 40.2 Å². The SMILES string of the molecule is C=Cc1c(C(=C)c2nc(C3=CCCC=C3)c3sc4ccccc4c3n2)oc2cc(-c3nc(-c4ccccc4)nc(-c4ccccc4)n3)ccc12. The first-order valence-electron chi connectivity index (χ1n) is 16.5. The van der Waals surface area contributed by atoms with E-state index in [1.807, 2.05) is 84.9 Å². The van der Waals surface area contributed by atoms with Crippen molar-refractivity contribution in [3.8, 4) is 34.2 Å². The summed E-state index contributed by atoms with van der Waals surface area (Å²) in [6.45, 7) is 8.64. The van der Waals surface area contributed by atoms with E-state index < -0.39 is 0 Å². The van der Waals surface area contributed by atoms with Gasteiger partial charge in [0, 0.05) is 37.7 Å². The highest BCUT2D eigenvalue weighted by molar-refractivity contribution is 7.26. The number of thiophene rings is 1. The molecule has 7 heteroatoms. The molecule has 4 heterocycles. The highest BCUT2D eigenvalue weighted by Crippen LogP contribution is 2.40. The maximum Gasteiger partial charge on any atom is 0.164 e. The van der Waals surface area contributed by atoms with Crippen LogP contribution < -0.4 is 0 Å². The fourth-order valence-electron chi connectivity index (χ4n) is 6.43. The van der Waals surface area contributed by atoms with Gasteiger partial charge < -0.3 is 4.42 Å². The molecule has 1 aliphatic rings. The number of hydrogen-bond acceptors (Lipinski definition) is 7. The number of aromatic nitrogens is 5. The van der Waals surface area contributed by atoms with E-state index >= 15 is 0 Å². The van der Waals surface area contributed by atoms with Gasteiger partial charge in [-0.2, -0.15) is 0 Å². The highest BCUT2D eigenvalue weighted by Gasteiger charge is 2.23. The second-order valence-electron chi connectivity index (χ2n) is 12.1. The normalized spacial score (nSPS) is 12.8. The van der Waals surface area contributed by atoms with E-state index in [-0.39, 0.29) is 0 Å². The van der Waals surface area contributed by atoms with Crippen molar-refractivity contribution in [2.24, 2.45) is 0 Å². The Balaban J connectivity index is 1.18. The molecule has 4 aromatic carbocycles. The Morgan fingerprint density at radius 2 is 1.38 bits per heavy atom. The Labute approximate surface area is 292 Å². The minimum atomic E-state index is 0.524. The van der Waals surface area contributed by atoms with Crippen LogP contribution in [0.25, 0.3) is 82.7 Å². The average Bonchev–Trinajstić information content (AvgIpc) is 3.76. The van der Waals surface area contributed by atoms with E-state index in [1.54, 1.807) is 11.3 Å². The van der Waals surface area contributed by atoms with Crippen molar-refractivity contribution < 1.29 is 4.42 Å². The van der Waals surface area contributed by atoms with Gasteiger partial charge in [-0.1, -0.05) is 122 Å². The van der Waals surface area contributed by atoms with Gasteiger partial charge in [0.2, 0.25) is 0 Å². The maximum atomic E-state index is 6.62. The predicted octanol–water partition coefficient (Wildman–Crippen LogP) is 11.2. The van der Waals surface area contributed by atoms with Gasteiger partial charge in [-0.05, 0) is 36.6 Å². The Morgan fingerprint density at radius 3 is 2.06 bits per heavy atom. The molecule has 0 atom stereocenters. The van der Waals surface area contributed by atoms with E-state index in [9.17, 15) is 0 Å². The first-order valence-corrected chi connectivity index (χ1v) is 17.3. The van der Waals surface area contributed by atoms with Gasteiger partial charge in [-0.3, -0.25) is 0 Å². The van der Waals surface area contributed by atoms with E-state index in [1.165, 1.54) is 4.70 Å². The third-order valence-electron chi connectivity index (χ3n) is 8.92. The molecule has 0 aliphatic heterocycles. The first-order chi connectivity index (χ1) is 24.6. The fraction of sp³-hybridized carbons (Fsp3) is 0.0465. The van der Waals surface area contributed by atoms with Crippen LogP contribution in [0.5, 0.6) is 0 Å². The lowest BCUT2D eigenvalue weighted by Gasteiger charge is -2.11. The molecule has 0 spiro atoms. The standard InChI is InChI=1S/C43H29N5OS/c1-3-31-32-24-23-30(43-47-41(28-17-9-5-10-18-28)46-42(48-43)29-19-11-6-12-20-29)25-34(32)49-38(31)26(2)40-44-36(27-15-7-4-8-16-27)39-37(45-40)33-21-13-14-22-35(33)50-39/h3,5-7,9-25H,1-2,4,8H2. The van der Waals surface area contributed by atoms with Crippen molar-refractivity contribution in [1.29, 1.82) is 0 Å². The molecule has 9 rings (SSSR count). The van der Waals surface area contributed by atoms with Crippen molar-refractivity contribution in [2.45, 2.75) is 12.8 Å². The summed E-state index contributed by atoms with van der Waals surface area (Å²) in [6.07, 6.45) is 10.4. The number of benzene rings is 4. The first kappa shape index (κ1) is 29.8. The molecule has 0 saturated heterocycles. The van der Waals surface area contributed by atoms with Crippen molar-refractivity contribution in [3.05, 3.63) is 157 Å². The van der Waals surface area contributed by atoms with Gasteiger partial charge in [0.1, 0.15) is 11.3 Å². The Hall–Kier alpha value is -6.31. The molecular formula is C43H29N5OS. The largest absolute Gasteiger partial charge is 0.455 e. The summed E-state index contributed by atoms with van der Waals surface area (Å²) in [5, 5.41) is 2.01. The van der Waals surface area contributed by atoms with Gasteiger partial charge in [0.25, 0.3) is 0 Å². The summed E-state index contributed by atoms with van der Waals surface area (Å²) >= 11 is 1.72. The second-order valence-corrected chi connectivity index (χ2v) is 13.1.